The van der Waals surface area contributed by atoms with E-state index in [0.717, 1.165) is 43.2 Å². The maximum absolute atomic E-state index is 12.5. The van der Waals surface area contributed by atoms with Crippen molar-refractivity contribution in [2.45, 2.75) is 11.4 Å². The predicted octanol–water partition coefficient (Wildman–Crippen LogP) is 5.72. The maximum Gasteiger partial charge on any atom is 0.234 e. The molecule has 0 aliphatic rings. The van der Waals surface area contributed by atoms with Crippen molar-refractivity contribution in [3.8, 4) is 5.75 Å². The van der Waals surface area contributed by atoms with E-state index in [-0.39, 0.29) is 11.7 Å². The lowest BCUT2D eigenvalue weighted by atomic mass is 10.1. The molecule has 0 saturated carbocycles. The lowest BCUT2D eigenvalue weighted by Crippen LogP contribution is -2.14. The highest BCUT2D eigenvalue weighted by Gasteiger charge is 2.13. The Bertz CT molecular complexity index is 1220. The second-order valence-corrected chi connectivity index (χ2v) is 8.72. The van der Waals surface area contributed by atoms with Crippen LogP contribution in [-0.4, -0.2) is 28.7 Å². The van der Waals surface area contributed by atoms with Gasteiger partial charge in [-0.2, -0.15) is 0 Å². The molecule has 0 atom stereocenters. The Kier molecular flexibility index (Phi) is 6.84. The van der Waals surface area contributed by atoms with Gasteiger partial charge < -0.3 is 10.1 Å². The van der Waals surface area contributed by atoms with Crippen molar-refractivity contribution in [1.29, 1.82) is 0 Å². The quantitative estimate of drug-likeness (QED) is 0.333. The van der Waals surface area contributed by atoms with Crippen LogP contribution >= 0.6 is 27.7 Å². The van der Waals surface area contributed by atoms with Gasteiger partial charge in [-0.15, -0.1) is 0 Å². The molecule has 0 fully saturated rings. The molecule has 1 aromatic heterocycles. The first-order valence-electron chi connectivity index (χ1n) is 9.67. The van der Waals surface area contributed by atoms with Crippen molar-refractivity contribution in [3.05, 3.63) is 88.5 Å². The normalized spacial score (nSPS) is 10.8. The molecule has 5 nitrogen and oxygen atoms in total. The molecule has 0 radical (unpaired) electrons. The summed E-state index contributed by atoms with van der Waals surface area (Å²) in [5.74, 6) is 0.956. The van der Waals surface area contributed by atoms with Crippen LogP contribution in [0.5, 0.6) is 5.75 Å². The first kappa shape index (κ1) is 21.3. The zero-order valence-corrected chi connectivity index (χ0v) is 19.2. The number of carbonyl (C=O) groups excluding carboxylic acids is 1. The smallest absolute Gasteiger partial charge is 0.234 e. The third-order valence-corrected chi connectivity index (χ3v) is 6.12. The fraction of sp³-hybridized carbons (Fsp3) is 0.125. The average Bonchev–Trinajstić information content (AvgIpc) is 2.79. The molecule has 3 aromatic carbocycles. The summed E-state index contributed by atoms with van der Waals surface area (Å²) in [4.78, 5) is 22.1. The fourth-order valence-corrected chi connectivity index (χ4v) is 4.14. The second-order valence-electron chi connectivity index (χ2n) is 6.84. The van der Waals surface area contributed by atoms with Crippen molar-refractivity contribution in [2.75, 3.05) is 18.2 Å². The molecule has 1 N–H and O–H groups in total. The van der Waals surface area contributed by atoms with Gasteiger partial charge in [0.05, 0.1) is 29.6 Å². The summed E-state index contributed by atoms with van der Waals surface area (Å²) >= 11 is 4.79. The van der Waals surface area contributed by atoms with Crippen molar-refractivity contribution >= 4 is 50.3 Å². The number of aromatic nitrogens is 2. The van der Waals surface area contributed by atoms with Crippen molar-refractivity contribution in [2.24, 2.45) is 0 Å². The third kappa shape index (κ3) is 5.62. The van der Waals surface area contributed by atoms with E-state index in [4.69, 9.17) is 14.7 Å². The van der Waals surface area contributed by atoms with Crippen LogP contribution in [0.2, 0.25) is 0 Å². The molecule has 4 rings (SSSR count). The van der Waals surface area contributed by atoms with Gasteiger partial charge in [-0.25, -0.2) is 9.97 Å². The van der Waals surface area contributed by atoms with E-state index in [9.17, 15) is 4.79 Å². The minimum atomic E-state index is -0.0883. The largest absolute Gasteiger partial charge is 0.497 e. The third-order valence-electron chi connectivity index (χ3n) is 4.58. The summed E-state index contributed by atoms with van der Waals surface area (Å²) < 4.78 is 6.31. The summed E-state index contributed by atoms with van der Waals surface area (Å²) in [6, 6.07) is 23.2. The van der Waals surface area contributed by atoms with Crippen LogP contribution < -0.4 is 10.1 Å². The first-order valence-corrected chi connectivity index (χ1v) is 11.5. The topological polar surface area (TPSA) is 64.1 Å². The number of hydrogen-bond donors (Lipinski definition) is 1. The molecule has 0 spiro atoms. The van der Waals surface area contributed by atoms with Gasteiger partial charge in [0.25, 0.3) is 0 Å². The summed E-state index contributed by atoms with van der Waals surface area (Å²) in [6.07, 6.45) is 0.603. The Morgan fingerprint density at radius 1 is 1.00 bits per heavy atom. The maximum atomic E-state index is 12.5. The number of methoxy groups -OCH3 is 1. The molecule has 0 aliphatic heterocycles. The van der Waals surface area contributed by atoms with E-state index in [0.29, 0.717) is 6.42 Å². The second kappa shape index (κ2) is 9.94. The van der Waals surface area contributed by atoms with Crippen LogP contribution in [-0.2, 0) is 11.2 Å². The van der Waals surface area contributed by atoms with E-state index in [1.54, 1.807) is 7.11 Å². The van der Waals surface area contributed by atoms with E-state index < -0.39 is 0 Å². The Morgan fingerprint density at radius 3 is 2.48 bits per heavy atom. The highest BCUT2D eigenvalue weighted by molar-refractivity contribution is 9.10. The van der Waals surface area contributed by atoms with Gasteiger partial charge in [-0.1, -0.05) is 52.0 Å². The van der Waals surface area contributed by atoms with E-state index >= 15 is 0 Å². The van der Waals surface area contributed by atoms with Crippen molar-refractivity contribution in [1.82, 2.24) is 9.97 Å². The molecule has 0 saturated heterocycles. The monoisotopic (exact) mass is 493 g/mol. The van der Waals surface area contributed by atoms with Crippen LogP contribution in [0, 0.1) is 0 Å². The summed E-state index contributed by atoms with van der Waals surface area (Å²) in [6.45, 7) is 0. The number of nitrogens with zero attached hydrogens (tertiary/aromatic N) is 2. The number of amides is 1. The van der Waals surface area contributed by atoms with Gasteiger partial charge in [0.15, 0.2) is 0 Å². The van der Waals surface area contributed by atoms with Gasteiger partial charge in [0, 0.05) is 16.6 Å². The SMILES string of the molecule is COc1cccc(Cc2nc3ccccc3nc2SCC(=O)Nc2ccc(Br)cc2)c1. The Morgan fingerprint density at radius 2 is 1.74 bits per heavy atom. The zero-order valence-electron chi connectivity index (χ0n) is 16.8. The molecule has 1 amide bonds. The summed E-state index contributed by atoms with van der Waals surface area (Å²) in [5.41, 5.74) is 4.32. The highest BCUT2D eigenvalue weighted by atomic mass is 79.9. The Hall–Kier alpha value is -2.90. The first-order chi connectivity index (χ1) is 15.1. The van der Waals surface area contributed by atoms with Crippen LogP contribution in [0.4, 0.5) is 5.69 Å². The molecule has 7 heteroatoms. The minimum Gasteiger partial charge on any atom is -0.497 e. The van der Waals surface area contributed by atoms with Gasteiger partial charge in [0.2, 0.25) is 5.91 Å². The molecule has 0 bridgehead atoms. The van der Waals surface area contributed by atoms with Gasteiger partial charge in [-0.3, -0.25) is 4.79 Å². The number of anilines is 1. The number of fused-ring (bicyclic) bond motifs is 1. The number of rotatable bonds is 7. The number of nitrogens with one attached hydrogen (secondary N) is 1. The number of hydrogen-bond acceptors (Lipinski definition) is 5. The van der Waals surface area contributed by atoms with Gasteiger partial charge in [-0.05, 0) is 54.1 Å². The molecule has 1 heterocycles. The average molecular weight is 494 g/mol. The lowest BCUT2D eigenvalue weighted by molar-refractivity contribution is -0.113. The van der Waals surface area contributed by atoms with Crippen LogP contribution in [0.3, 0.4) is 0 Å². The van der Waals surface area contributed by atoms with Gasteiger partial charge >= 0.3 is 0 Å². The highest BCUT2D eigenvalue weighted by Crippen LogP contribution is 2.26. The molecule has 4 aromatic rings. The van der Waals surface area contributed by atoms with Crippen LogP contribution in [0.15, 0.2) is 82.3 Å². The lowest BCUT2D eigenvalue weighted by Gasteiger charge is -2.11. The molecule has 31 heavy (non-hydrogen) atoms. The number of thioether (sulfide) groups is 1. The van der Waals surface area contributed by atoms with Crippen LogP contribution in [0.1, 0.15) is 11.3 Å². The number of carbonyl (C=O) groups is 1. The fourth-order valence-electron chi connectivity index (χ4n) is 3.09. The standard InChI is InChI=1S/C24H20BrN3O2S/c1-30-19-6-4-5-16(13-19)14-22-24(28-21-8-3-2-7-20(21)27-22)31-15-23(29)26-18-11-9-17(25)10-12-18/h2-13H,14-15H2,1H3,(H,26,29). The zero-order chi connectivity index (χ0) is 21.6. The summed E-state index contributed by atoms with van der Waals surface area (Å²) in [5, 5.41) is 3.67. The Balaban J connectivity index is 1.55. The molecule has 0 aliphatic carbocycles. The van der Waals surface area contributed by atoms with E-state index in [2.05, 4.69) is 21.2 Å². The molecule has 156 valence electrons. The summed E-state index contributed by atoms with van der Waals surface area (Å²) in [7, 11) is 1.65. The molecular formula is C24H20BrN3O2S. The number of para-hydroxylation sites is 2. The Labute approximate surface area is 193 Å². The van der Waals surface area contributed by atoms with Crippen molar-refractivity contribution in [3.63, 3.8) is 0 Å². The predicted molar refractivity (Wildman–Crippen MR) is 129 cm³/mol. The number of ether oxygens (including phenoxy) is 1. The number of halogens is 1. The molecular weight excluding hydrogens is 474 g/mol. The van der Waals surface area contributed by atoms with Crippen molar-refractivity contribution < 1.29 is 9.53 Å². The van der Waals surface area contributed by atoms with E-state index in [1.807, 2.05) is 72.8 Å². The minimum absolute atomic E-state index is 0.0883. The van der Waals surface area contributed by atoms with E-state index in [1.165, 1.54) is 11.8 Å². The van der Waals surface area contributed by atoms with Crippen LogP contribution in [0.25, 0.3) is 11.0 Å². The van der Waals surface area contributed by atoms with Gasteiger partial charge in [0.1, 0.15) is 10.8 Å². The number of benzene rings is 3. The molecule has 0 unspecified atom stereocenters.